The molecule has 0 spiro atoms. The van der Waals surface area contributed by atoms with Gasteiger partial charge >= 0.3 is 0 Å². The Balaban J connectivity index is 1.91. The van der Waals surface area contributed by atoms with Gasteiger partial charge in [0.05, 0.1) is 23.9 Å². The molecular formula is C11H16N2O2S. The Morgan fingerprint density at radius 2 is 2.50 bits per heavy atom. The Hall–Kier alpha value is -0.940. The Morgan fingerprint density at radius 1 is 1.69 bits per heavy atom. The Bertz CT molecular complexity index is 351. The molecule has 1 saturated heterocycles. The molecule has 16 heavy (non-hydrogen) atoms. The molecule has 0 aromatic carbocycles. The third kappa shape index (κ3) is 2.59. The van der Waals surface area contributed by atoms with Gasteiger partial charge < -0.3 is 9.64 Å². The van der Waals surface area contributed by atoms with Crippen LogP contribution in [0.15, 0.2) is 11.7 Å². The highest BCUT2D eigenvalue weighted by molar-refractivity contribution is 7.11. The lowest BCUT2D eigenvalue weighted by atomic mass is 10.3. The van der Waals surface area contributed by atoms with Gasteiger partial charge in [-0.25, -0.2) is 0 Å². The minimum absolute atomic E-state index is 0.0809. The van der Waals surface area contributed by atoms with Gasteiger partial charge in [0.2, 0.25) is 0 Å². The van der Waals surface area contributed by atoms with E-state index in [0.717, 1.165) is 13.0 Å². The first-order chi connectivity index (χ1) is 7.66. The maximum atomic E-state index is 12.0. The fourth-order valence-electron chi connectivity index (χ4n) is 1.89. The average molecular weight is 240 g/mol. The molecule has 1 aliphatic rings. The summed E-state index contributed by atoms with van der Waals surface area (Å²) in [5.41, 5.74) is 1.69. The lowest BCUT2D eigenvalue weighted by molar-refractivity contribution is 0.0139. The van der Waals surface area contributed by atoms with Crippen LogP contribution >= 0.6 is 11.3 Å². The first-order valence-corrected chi connectivity index (χ1v) is 6.38. The van der Waals surface area contributed by atoms with Crippen molar-refractivity contribution in [3.63, 3.8) is 0 Å². The molecule has 1 aromatic heterocycles. The number of likely N-dealkylation sites (tertiary alicyclic amines) is 1. The zero-order chi connectivity index (χ0) is 11.5. The van der Waals surface area contributed by atoms with Gasteiger partial charge in [0.25, 0.3) is 5.91 Å². The van der Waals surface area contributed by atoms with Crippen LogP contribution in [0, 0.1) is 0 Å². The molecule has 2 rings (SSSR count). The molecule has 0 N–H and O–H groups in total. The molecule has 0 unspecified atom stereocenters. The van der Waals surface area contributed by atoms with Gasteiger partial charge in [-0.3, -0.25) is 9.78 Å². The Labute approximate surface area is 99.2 Å². The monoisotopic (exact) mass is 240 g/mol. The highest BCUT2D eigenvalue weighted by Gasteiger charge is 2.28. The van der Waals surface area contributed by atoms with E-state index in [1.54, 1.807) is 11.7 Å². The number of amides is 1. The molecule has 4 nitrogen and oxygen atoms in total. The second kappa shape index (κ2) is 4.93. The smallest absolute Gasteiger partial charge is 0.265 e. The SMILES string of the molecule is CC(C)O[C@H]1CCN(C(=O)c2cncs2)C1. The van der Waals surface area contributed by atoms with E-state index in [0.29, 0.717) is 11.4 Å². The normalized spacial score (nSPS) is 20.7. The van der Waals surface area contributed by atoms with Crippen molar-refractivity contribution in [2.45, 2.75) is 32.5 Å². The van der Waals surface area contributed by atoms with Gasteiger partial charge in [-0.05, 0) is 20.3 Å². The first-order valence-electron chi connectivity index (χ1n) is 5.50. The maximum Gasteiger partial charge on any atom is 0.265 e. The summed E-state index contributed by atoms with van der Waals surface area (Å²) in [6.07, 6.45) is 2.98. The predicted molar refractivity (Wildman–Crippen MR) is 62.6 cm³/mol. The number of hydrogen-bond donors (Lipinski definition) is 0. The third-order valence-electron chi connectivity index (χ3n) is 2.54. The van der Waals surface area contributed by atoms with Gasteiger partial charge in [0, 0.05) is 13.1 Å². The van der Waals surface area contributed by atoms with E-state index in [2.05, 4.69) is 4.98 Å². The van der Waals surface area contributed by atoms with Crippen LogP contribution in [-0.4, -0.2) is 41.1 Å². The number of ether oxygens (including phenoxy) is 1. The molecule has 5 heteroatoms. The summed E-state index contributed by atoms with van der Waals surface area (Å²) in [6.45, 7) is 5.53. The zero-order valence-corrected chi connectivity index (χ0v) is 10.4. The fraction of sp³-hybridized carbons (Fsp3) is 0.636. The molecular weight excluding hydrogens is 224 g/mol. The van der Waals surface area contributed by atoms with Crippen LogP contribution in [0.2, 0.25) is 0 Å². The predicted octanol–water partition coefficient (Wildman–Crippen LogP) is 1.78. The zero-order valence-electron chi connectivity index (χ0n) is 9.55. The van der Waals surface area contributed by atoms with E-state index in [9.17, 15) is 4.79 Å². The van der Waals surface area contributed by atoms with E-state index in [4.69, 9.17) is 4.74 Å². The van der Waals surface area contributed by atoms with Gasteiger partial charge in [0.15, 0.2) is 0 Å². The molecule has 1 aromatic rings. The molecule has 1 atom stereocenters. The van der Waals surface area contributed by atoms with Crippen molar-refractivity contribution in [1.29, 1.82) is 0 Å². The first kappa shape index (κ1) is 11.5. The topological polar surface area (TPSA) is 42.4 Å². The Kier molecular flexibility index (Phi) is 3.56. The van der Waals surface area contributed by atoms with Crippen LogP contribution in [0.3, 0.4) is 0 Å². The Morgan fingerprint density at radius 3 is 3.12 bits per heavy atom. The molecule has 2 heterocycles. The van der Waals surface area contributed by atoms with Crippen LogP contribution in [0.1, 0.15) is 29.9 Å². The number of carbonyl (C=O) groups is 1. The van der Waals surface area contributed by atoms with Crippen molar-refractivity contribution < 1.29 is 9.53 Å². The summed E-state index contributed by atoms with van der Waals surface area (Å²) in [6, 6.07) is 0. The minimum Gasteiger partial charge on any atom is -0.374 e. The number of hydrogen-bond acceptors (Lipinski definition) is 4. The second-order valence-electron chi connectivity index (χ2n) is 4.21. The van der Waals surface area contributed by atoms with Gasteiger partial charge in [-0.1, -0.05) is 0 Å². The molecule has 1 aliphatic heterocycles. The standard InChI is InChI=1S/C11H16N2O2S/c1-8(2)15-9-3-4-13(6-9)11(14)10-5-12-7-16-10/h5,7-9H,3-4,6H2,1-2H3/t9-/m0/s1. The van der Waals surface area contributed by atoms with Crippen molar-refractivity contribution in [2.75, 3.05) is 13.1 Å². The van der Waals surface area contributed by atoms with Crippen LogP contribution in [0.25, 0.3) is 0 Å². The van der Waals surface area contributed by atoms with E-state index in [1.807, 2.05) is 18.7 Å². The molecule has 1 amide bonds. The van der Waals surface area contributed by atoms with Crippen molar-refractivity contribution in [3.05, 3.63) is 16.6 Å². The van der Waals surface area contributed by atoms with E-state index < -0.39 is 0 Å². The largest absolute Gasteiger partial charge is 0.374 e. The van der Waals surface area contributed by atoms with Crippen LogP contribution in [-0.2, 0) is 4.74 Å². The van der Waals surface area contributed by atoms with Gasteiger partial charge in [-0.15, -0.1) is 11.3 Å². The summed E-state index contributed by atoms with van der Waals surface area (Å²) >= 11 is 1.39. The lowest BCUT2D eigenvalue weighted by Gasteiger charge is -2.17. The summed E-state index contributed by atoms with van der Waals surface area (Å²) < 4.78 is 5.70. The summed E-state index contributed by atoms with van der Waals surface area (Å²) in [4.78, 5) is 18.5. The molecule has 0 bridgehead atoms. The van der Waals surface area contributed by atoms with Gasteiger partial charge in [0.1, 0.15) is 4.88 Å². The number of rotatable bonds is 3. The number of carbonyl (C=O) groups excluding carboxylic acids is 1. The number of nitrogens with zero attached hydrogens (tertiary/aromatic N) is 2. The summed E-state index contributed by atoms with van der Waals surface area (Å²) in [5, 5.41) is 0. The maximum absolute atomic E-state index is 12.0. The van der Waals surface area contributed by atoms with Crippen LogP contribution in [0.4, 0.5) is 0 Å². The highest BCUT2D eigenvalue weighted by Crippen LogP contribution is 2.18. The minimum atomic E-state index is 0.0809. The highest BCUT2D eigenvalue weighted by atomic mass is 32.1. The average Bonchev–Trinajstić information content (AvgIpc) is 2.84. The number of thiazole rings is 1. The molecule has 88 valence electrons. The van der Waals surface area contributed by atoms with Crippen LogP contribution in [0.5, 0.6) is 0 Å². The molecule has 0 aliphatic carbocycles. The number of aromatic nitrogens is 1. The van der Waals surface area contributed by atoms with Crippen molar-refractivity contribution in [2.24, 2.45) is 0 Å². The van der Waals surface area contributed by atoms with Crippen molar-refractivity contribution in [3.8, 4) is 0 Å². The fourth-order valence-corrected chi connectivity index (χ4v) is 2.47. The van der Waals surface area contributed by atoms with Crippen molar-refractivity contribution >= 4 is 17.2 Å². The lowest BCUT2D eigenvalue weighted by Crippen LogP contribution is -2.30. The molecule has 0 saturated carbocycles. The third-order valence-corrected chi connectivity index (χ3v) is 3.30. The van der Waals surface area contributed by atoms with E-state index in [1.165, 1.54) is 11.3 Å². The second-order valence-corrected chi connectivity index (χ2v) is 5.10. The van der Waals surface area contributed by atoms with E-state index >= 15 is 0 Å². The van der Waals surface area contributed by atoms with Gasteiger partial charge in [-0.2, -0.15) is 0 Å². The summed E-state index contributed by atoms with van der Waals surface area (Å²) in [5.74, 6) is 0.0809. The van der Waals surface area contributed by atoms with Crippen molar-refractivity contribution in [1.82, 2.24) is 9.88 Å². The van der Waals surface area contributed by atoms with Crippen LogP contribution < -0.4 is 0 Å². The molecule has 0 radical (unpaired) electrons. The molecule has 1 fully saturated rings. The summed E-state index contributed by atoms with van der Waals surface area (Å²) in [7, 11) is 0. The van der Waals surface area contributed by atoms with E-state index in [-0.39, 0.29) is 18.1 Å². The quantitative estimate of drug-likeness (QED) is 0.809.